The number of hydrogen-bond acceptors (Lipinski definition) is 5. The fourth-order valence-corrected chi connectivity index (χ4v) is 5.08. The van der Waals surface area contributed by atoms with Gasteiger partial charge in [-0.1, -0.05) is 30.4 Å². The highest BCUT2D eigenvalue weighted by molar-refractivity contribution is 6.23. The van der Waals surface area contributed by atoms with E-state index in [0.29, 0.717) is 22.2 Å². The number of imide groups is 1. The number of rotatable bonds is 2. The molecule has 142 valence electrons. The minimum atomic E-state index is -0.471. The second-order valence-electron chi connectivity index (χ2n) is 7.89. The molecule has 4 atom stereocenters. The maximum atomic E-state index is 13.0. The van der Waals surface area contributed by atoms with Crippen molar-refractivity contribution in [3.63, 3.8) is 0 Å². The average molecular weight is 384 g/mol. The molecule has 3 aliphatic rings. The molecule has 0 radical (unpaired) electrons. The van der Waals surface area contributed by atoms with Crippen LogP contribution in [-0.4, -0.2) is 16.8 Å². The number of aromatic nitrogens is 1. The van der Waals surface area contributed by atoms with Crippen molar-refractivity contribution < 1.29 is 14.0 Å². The van der Waals surface area contributed by atoms with E-state index in [1.807, 2.05) is 0 Å². The number of anilines is 1. The molecule has 2 aromatic carbocycles. The van der Waals surface area contributed by atoms with Crippen LogP contribution in [-0.2, 0) is 9.59 Å². The Bertz CT molecular complexity index is 1260. The van der Waals surface area contributed by atoms with Crippen molar-refractivity contribution in [3.8, 4) is 11.5 Å². The second-order valence-corrected chi connectivity index (χ2v) is 7.89. The topological polar surface area (TPSA) is 80.5 Å². The highest BCUT2D eigenvalue weighted by Crippen LogP contribution is 2.53. The summed E-state index contributed by atoms with van der Waals surface area (Å²) < 4.78 is 5.40. The van der Waals surface area contributed by atoms with E-state index >= 15 is 0 Å². The van der Waals surface area contributed by atoms with E-state index in [9.17, 15) is 14.4 Å². The summed E-state index contributed by atoms with van der Waals surface area (Å²) in [6.45, 7) is 0. The highest BCUT2D eigenvalue weighted by Gasteiger charge is 2.59. The number of fused-ring (bicyclic) bond motifs is 6. The summed E-state index contributed by atoms with van der Waals surface area (Å²) in [5, 5.41) is 0.410. The van der Waals surface area contributed by atoms with Crippen LogP contribution in [0.25, 0.3) is 22.4 Å². The number of carbonyl (C=O) groups is 2. The number of amides is 2. The first-order valence-corrected chi connectivity index (χ1v) is 9.68. The van der Waals surface area contributed by atoms with Crippen LogP contribution < -0.4 is 10.5 Å². The maximum absolute atomic E-state index is 13.0. The van der Waals surface area contributed by atoms with Gasteiger partial charge in [0, 0.05) is 5.56 Å². The van der Waals surface area contributed by atoms with E-state index in [2.05, 4.69) is 17.1 Å². The van der Waals surface area contributed by atoms with Gasteiger partial charge in [-0.3, -0.25) is 9.59 Å². The van der Waals surface area contributed by atoms with Crippen LogP contribution in [0, 0.1) is 23.7 Å². The molecule has 0 N–H and O–H groups in total. The largest absolute Gasteiger partial charge is 0.403 e. The highest BCUT2D eigenvalue weighted by atomic mass is 16.4. The molecule has 2 aliphatic carbocycles. The van der Waals surface area contributed by atoms with Crippen LogP contribution >= 0.6 is 0 Å². The summed E-state index contributed by atoms with van der Waals surface area (Å²) in [4.78, 5) is 44.1. The van der Waals surface area contributed by atoms with E-state index in [1.54, 1.807) is 48.5 Å². The van der Waals surface area contributed by atoms with Crippen LogP contribution in [0.3, 0.4) is 0 Å². The Morgan fingerprint density at radius 1 is 0.897 bits per heavy atom. The molecular formula is C23H16N2O4. The summed E-state index contributed by atoms with van der Waals surface area (Å²) in [6.07, 6.45) is 5.04. The van der Waals surface area contributed by atoms with Gasteiger partial charge in [0.1, 0.15) is 0 Å². The second kappa shape index (κ2) is 5.73. The number of benzene rings is 2. The number of nitrogens with zero attached hydrogens (tertiary/aromatic N) is 2. The van der Waals surface area contributed by atoms with Crippen LogP contribution in [0.5, 0.6) is 0 Å². The molecule has 0 unspecified atom stereocenters. The number of carbonyl (C=O) groups excluding carboxylic acids is 2. The van der Waals surface area contributed by atoms with E-state index < -0.39 is 5.63 Å². The first-order valence-electron chi connectivity index (χ1n) is 9.68. The van der Waals surface area contributed by atoms with Crippen molar-refractivity contribution in [3.05, 3.63) is 71.1 Å². The lowest BCUT2D eigenvalue weighted by molar-refractivity contribution is -0.123. The summed E-state index contributed by atoms with van der Waals surface area (Å²) >= 11 is 0. The Labute approximate surface area is 165 Å². The van der Waals surface area contributed by atoms with Crippen molar-refractivity contribution in [2.24, 2.45) is 23.7 Å². The number of allylic oxidation sites excluding steroid dienone is 2. The molecule has 1 aliphatic heterocycles. The minimum absolute atomic E-state index is 0.137. The SMILES string of the molecule is O=C1[C@@H]2[C@H](C(=O)N1c1cccc(-c3nc4ccccc4c(=O)o3)c1)[C@@H]1C=C[C@@H]2C1. The predicted molar refractivity (Wildman–Crippen MR) is 106 cm³/mol. The third-order valence-electron chi connectivity index (χ3n) is 6.36. The smallest absolute Gasteiger partial charge is 0.347 e. The molecule has 2 heterocycles. The molecule has 1 saturated carbocycles. The molecule has 1 saturated heterocycles. The van der Waals surface area contributed by atoms with E-state index in [1.165, 1.54) is 4.90 Å². The standard InChI is InChI=1S/C23H16N2O4/c26-21-18-12-8-9-13(10-12)19(18)22(27)25(21)15-5-3-4-14(11-15)20-24-17-7-2-1-6-16(17)23(28)29-20/h1-9,11-13,18-19H,10H2/t12-,13-,18-,19+/m1/s1. The molecule has 2 fully saturated rings. The molecule has 0 spiro atoms. The van der Waals surface area contributed by atoms with Gasteiger partial charge in [0.2, 0.25) is 17.7 Å². The third kappa shape index (κ3) is 2.23. The summed E-state index contributed by atoms with van der Waals surface area (Å²) in [6, 6.07) is 13.9. The van der Waals surface area contributed by atoms with Gasteiger partial charge in [0.05, 0.1) is 28.4 Å². The lowest BCUT2D eigenvalue weighted by atomic mass is 9.85. The molecule has 1 aromatic heterocycles. The predicted octanol–water partition coefficient (Wildman–Crippen LogP) is 3.17. The van der Waals surface area contributed by atoms with Gasteiger partial charge in [-0.2, -0.15) is 0 Å². The lowest BCUT2D eigenvalue weighted by Crippen LogP contribution is -2.32. The summed E-state index contributed by atoms with van der Waals surface area (Å²) in [7, 11) is 0. The molecule has 2 amide bonds. The van der Waals surface area contributed by atoms with Crippen LogP contribution in [0.2, 0.25) is 0 Å². The Morgan fingerprint density at radius 3 is 2.38 bits per heavy atom. The Morgan fingerprint density at radius 2 is 1.62 bits per heavy atom. The number of para-hydroxylation sites is 1. The zero-order valence-electron chi connectivity index (χ0n) is 15.3. The lowest BCUT2D eigenvalue weighted by Gasteiger charge is -2.17. The molecule has 3 aromatic rings. The molecule has 2 bridgehead atoms. The van der Waals surface area contributed by atoms with Gasteiger partial charge in [-0.05, 0) is 48.6 Å². The zero-order valence-corrected chi connectivity index (χ0v) is 15.3. The Kier molecular flexibility index (Phi) is 3.25. The molecule has 6 rings (SSSR count). The molecule has 6 heteroatoms. The van der Waals surface area contributed by atoms with Crippen molar-refractivity contribution in [1.29, 1.82) is 0 Å². The van der Waals surface area contributed by atoms with Gasteiger partial charge in [0.25, 0.3) is 0 Å². The maximum Gasteiger partial charge on any atom is 0.347 e. The fraction of sp³-hybridized carbons (Fsp3) is 0.217. The summed E-state index contributed by atoms with van der Waals surface area (Å²) in [5.41, 5.74) is 1.10. The van der Waals surface area contributed by atoms with Gasteiger partial charge < -0.3 is 4.42 Å². The quantitative estimate of drug-likeness (QED) is 0.501. The number of hydrogen-bond donors (Lipinski definition) is 0. The van der Waals surface area contributed by atoms with Crippen molar-refractivity contribution >= 4 is 28.4 Å². The molecular weight excluding hydrogens is 368 g/mol. The monoisotopic (exact) mass is 384 g/mol. The first-order chi connectivity index (χ1) is 14.1. The Hall–Kier alpha value is -3.54. The van der Waals surface area contributed by atoms with Gasteiger partial charge in [0.15, 0.2) is 0 Å². The first kappa shape index (κ1) is 16.4. The average Bonchev–Trinajstić information content (AvgIpc) is 3.42. The van der Waals surface area contributed by atoms with E-state index in [0.717, 1.165) is 6.42 Å². The van der Waals surface area contributed by atoms with Gasteiger partial charge >= 0.3 is 5.63 Å². The van der Waals surface area contributed by atoms with E-state index in [4.69, 9.17) is 4.42 Å². The van der Waals surface area contributed by atoms with Crippen molar-refractivity contribution in [2.45, 2.75) is 6.42 Å². The van der Waals surface area contributed by atoms with Gasteiger partial charge in [-0.15, -0.1) is 0 Å². The molecule has 29 heavy (non-hydrogen) atoms. The normalized spacial score (nSPS) is 27.2. The minimum Gasteiger partial charge on any atom is -0.403 e. The van der Waals surface area contributed by atoms with Crippen molar-refractivity contribution in [1.82, 2.24) is 4.98 Å². The fourth-order valence-electron chi connectivity index (χ4n) is 5.08. The van der Waals surface area contributed by atoms with E-state index in [-0.39, 0.29) is 41.4 Å². The van der Waals surface area contributed by atoms with Crippen molar-refractivity contribution in [2.75, 3.05) is 4.90 Å². The van der Waals surface area contributed by atoms with Crippen LogP contribution in [0.1, 0.15) is 6.42 Å². The zero-order chi connectivity index (χ0) is 19.7. The third-order valence-corrected chi connectivity index (χ3v) is 6.36. The van der Waals surface area contributed by atoms with Crippen LogP contribution in [0.4, 0.5) is 5.69 Å². The van der Waals surface area contributed by atoms with Crippen LogP contribution in [0.15, 0.2) is 69.9 Å². The van der Waals surface area contributed by atoms with Gasteiger partial charge in [-0.25, -0.2) is 14.7 Å². The molecule has 6 nitrogen and oxygen atoms in total. The Balaban J connectivity index is 1.42. The summed E-state index contributed by atoms with van der Waals surface area (Å²) in [5.74, 6) is -0.291.